The highest BCUT2D eigenvalue weighted by molar-refractivity contribution is 5.89. The van der Waals surface area contributed by atoms with Gasteiger partial charge in [-0.25, -0.2) is 4.79 Å². The maximum atomic E-state index is 12.0. The van der Waals surface area contributed by atoms with Crippen molar-refractivity contribution in [2.24, 2.45) is 0 Å². The molecule has 2 N–H and O–H groups in total. The Morgan fingerprint density at radius 3 is 2.50 bits per heavy atom. The Morgan fingerprint density at radius 1 is 1.21 bits per heavy atom. The highest BCUT2D eigenvalue weighted by Gasteiger charge is 2.17. The summed E-state index contributed by atoms with van der Waals surface area (Å²) in [6, 6.07) is 7.31. The van der Waals surface area contributed by atoms with Crippen molar-refractivity contribution in [3.8, 4) is 0 Å². The normalized spacial score (nSPS) is 15.2. The van der Waals surface area contributed by atoms with Gasteiger partial charge in [0.15, 0.2) is 0 Å². The second-order valence-electron chi connectivity index (χ2n) is 6.24. The summed E-state index contributed by atoms with van der Waals surface area (Å²) < 4.78 is 4.98. The van der Waals surface area contributed by atoms with E-state index in [0.717, 1.165) is 43.6 Å². The van der Waals surface area contributed by atoms with Crippen LogP contribution in [0.1, 0.15) is 31.7 Å². The van der Waals surface area contributed by atoms with Crippen LogP contribution in [0.2, 0.25) is 0 Å². The van der Waals surface area contributed by atoms with Crippen LogP contribution in [0, 0.1) is 0 Å². The van der Waals surface area contributed by atoms with Crippen LogP contribution >= 0.6 is 0 Å². The largest absolute Gasteiger partial charge is 0.383 e. The van der Waals surface area contributed by atoms with Crippen molar-refractivity contribution < 1.29 is 14.3 Å². The molecule has 0 radical (unpaired) electrons. The molecule has 2 rings (SSSR count). The molecule has 0 saturated carbocycles. The first-order valence-corrected chi connectivity index (χ1v) is 8.51. The number of carbonyl (C=O) groups excluding carboxylic acids is 2. The number of urea groups is 1. The highest BCUT2D eigenvalue weighted by Crippen LogP contribution is 2.14. The highest BCUT2D eigenvalue weighted by atomic mass is 16.5. The van der Waals surface area contributed by atoms with Gasteiger partial charge in [0.05, 0.1) is 12.6 Å². The molecule has 6 nitrogen and oxygen atoms in total. The van der Waals surface area contributed by atoms with Crippen molar-refractivity contribution in [1.29, 1.82) is 0 Å². The summed E-state index contributed by atoms with van der Waals surface area (Å²) in [5, 5.41) is 5.58. The van der Waals surface area contributed by atoms with Gasteiger partial charge in [-0.2, -0.15) is 0 Å². The molecule has 3 amide bonds. The Bertz CT molecular complexity index is 539. The second-order valence-corrected chi connectivity index (χ2v) is 6.24. The number of nitrogens with one attached hydrogen (secondary N) is 2. The molecule has 1 fully saturated rings. The molecule has 1 saturated heterocycles. The number of carbonyl (C=O) groups is 2. The molecule has 1 aromatic rings. The van der Waals surface area contributed by atoms with Crippen LogP contribution in [0.3, 0.4) is 0 Å². The van der Waals surface area contributed by atoms with Crippen molar-refractivity contribution in [2.45, 2.75) is 38.6 Å². The van der Waals surface area contributed by atoms with Gasteiger partial charge in [-0.15, -0.1) is 0 Å². The predicted molar refractivity (Wildman–Crippen MR) is 94.1 cm³/mol. The molecule has 1 aromatic carbocycles. The fourth-order valence-corrected chi connectivity index (χ4v) is 2.81. The van der Waals surface area contributed by atoms with Crippen molar-refractivity contribution in [3.63, 3.8) is 0 Å². The standard InChI is InChI=1S/C18H27N3O3/c1-14(13-24-2)19-18(23)20-16-8-5-15(6-9-16)7-10-17(22)21-11-3-4-12-21/h5-6,8-9,14H,3-4,7,10-13H2,1-2H3,(H2,19,20,23). The lowest BCUT2D eigenvalue weighted by Crippen LogP contribution is -2.38. The number of rotatable bonds is 7. The van der Waals surface area contributed by atoms with E-state index in [9.17, 15) is 9.59 Å². The molecule has 1 aliphatic rings. The molecule has 1 aliphatic heterocycles. The fourth-order valence-electron chi connectivity index (χ4n) is 2.81. The molecular weight excluding hydrogens is 306 g/mol. The summed E-state index contributed by atoms with van der Waals surface area (Å²) in [6.07, 6.45) is 3.52. The topological polar surface area (TPSA) is 70.7 Å². The third-order valence-corrected chi connectivity index (χ3v) is 4.09. The summed E-state index contributed by atoms with van der Waals surface area (Å²) in [4.78, 5) is 25.8. The number of aryl methyl sites for hydroxylation is 1. The molecular formula is C18H27N3O3. The number of hydrogen-bond donors (Lipinski definition) is 2. The lowest BCUT2D eigenvalue weighted by Gasteiger charge is -2.15. The Morgan fingerprint density at radius 2 is 1.88 bits per heavy atom. The average molecular weight is 333 g/mol. The number of hydrogen-bond acceptors (Lipinski definition) is 3. The Labute approximate surface area is 143 Å². The molecule has 0 aliphatic carbocycles. The van der Waals surface area contributed by atoms with Crippen molar-refractivity contribution >= 4 is 17.6 Å². The third kappa shape index (κ3) is 5.85. The molecule has 0 aromatic heterocycles. The van der Waals surface area contributed by atoms with Crippen LogP contribution in [0.4, 0.5) is 10.5 Å². The minimum Gasteiger partial charge on any atom is -0.383 e. The maximum absolute atomic E-state index is 12.0. The summed E-state index contributed by atoms with van der Waals surface area (Å²) in [6.45, 7) is 4.15. The maximum Gasteiger partial charge on any atom is 0.319 e. The Hall–Kier alpha value is -2.08. The lowest BCUT2D eigenvalue weighted by molar-refractivity contribution is -0.130. The van der Waals surface area contributed by atoms with E-state index in [1.54, 1.807) is 7.11 Å². The van der Waals surface area contributed by atoms with E-state index in [4.69, 9.17) is 4.74 Å². The van der Waals surface area contributed by atoms with Gasteiger partial charge in [-0.3, -0.25) is 4.79 Å². The van der Waals surface area contributed by atoms with E-state index >= 15 is 0 Å². The predicted octanol–water partition coefficient (Wildman–Crippen LogP) is 2.40. The average Bonchev–Trinajstić information content (AvgIpc) is 3.08. The zero-order chi connectivity index (χ0) is 17.4. The number of nitrogens with zero attached hydrogens (tertiary/aromatic N) is 1. The van der Waals surface area contributed by atoms with Gasteiger partial charge < -0.3 is 20.3 Å². The van der Waals surface area contributed by atoms with Gasteiger partial charge in [-0.05, 0) is 43.9 Å². The van der Waals surface area contributed by atoms with Crippen LogP contribution in [0.15, 0.2) is 24.3 Å². The molecule has 6 heteroatoms. The van der Waals surface area contributed by atoms with Gasteiger partial charge in [0, 0.05) is 32.3 Å². The van der Waals surface area contributed by atoms with Gasteiger partial charge in [0.25, 0.3) is 0 Å². The number of likely N-dealkylation sites (tertiary alicyclic amines) is 1. The molecule has 0 bridgehead atoms. The summed E-state index contributed by atoms with van der Waals surface area (Å²) in [7, 11) is 1.60. The zero-order valence-corrected chi connectivity index (χ0v) is 14.5. The molecule has 0 spiro atoms. The first kappa shape index (κ1) is 18.3. The van der Waals surface area contributed by atoms with Crippen LogP contribution in [0.25, 0.3) is 0 Å². The number of benzene rings is 1. The van der Waals surface area contributed by atoms with E-state index in [2.05, 4.69) is 10.6 Å². The Kier molecular flexibility index (Phi) is 7.06. The summed E-state index contributed by atoms with van der Waals surface area (Å²) in [5.41, 5.74) is 1.83. The fraction of sp³-hybridized carbons (Fsp3) is 0.556. The summed E-state index contributed by atoms with van der Waals surface area (Å²) >= 11 is 0. The van der Waals surface area contributed by atoms with E-state index < -0.39 is 0 Å². The van der Waals surface area contributed by atoms with Crippen molar-refractivity contribution in [2.75, 3.05) is 32.1 Å². The lowest BCUT2D eigenvalue weighted by atomic mass is 10.1. The smallest absolute Gasteiger partial charge is 0.319 e. The third-order valence-electron chi connectivity index (χ3n) is 4.09. The monoisotopic (exact) mass is 333 g/mol. The Balaban J connectivity index is 1.75. The molecule has 1 atom stereocenters. The number of anilines is 1. The van der Waals surface area contributed by atoms with Gasteiger partial charge in [-0.1, -0.05) is 12.1 Å². The first-order chi connectivity index (χ1) is 11.6. The zero-order valence-electron chi connectivity index (χ0n) is 14.5. The van der Waals surface area contributed by atoms with Gasteiger partial charge in [0.1, 0.15) is 0 Å². The number of methoxy groups -OCH3 is 1. The molecule has 132 valence electrons. The second kappa shape index (κ2) is 9.27. The van der Waals surface area contributed by atoms with Gasteiger partial charge >= 0.3 is 6.03 Å². The van der Waals surface area contributed by atoms with E-state index in [1.165, 1.54) is 0 Å². The molecule has 1 unspecified atom stereocenters. The van der Waals surface area contributed by atoms with E-state index in [0.29, 0.717) is 13.0 Å². The van der Waals surface area contributed by atoms with Crippen LogP contribution in [0.5, 0.6) is 0 Å². The molecule has 24 heavy (non-hydrogen) atoms. The van der Waals surface area contributed by atoms with Crippen LogP contribution in [-0.4, -0.2) is 49.7 Å². The summed E-state index contributed by atoms with van der Waals surface area (Å²) in [5.74, 6) is 0.237. The van der Waals surface area contributed by atoms with E-state index in [-0.39, 0.29) is 18.0 Å². The van der Waals surface area contributed by atoms with Crippen LogP contribution < -0.4 is 10.6 Å². The SMILES string of the molecule is COCC(C)NC(=O)Nc1ccc(CCC(=O)N2CCCC2)cc1. The number of ether oxygens (including phenoxy) is 1. The number of amides is 3. The van der Waals surface area contributed by atoms with Crippen molar-refractivity contribution in [3.05, 3.63) is 29.8 Å². The molecule has 1 heterocycles. The minimum atomic E-state index is -0.253. The first-order valence-electron chi connectivity index (χ1n) is 8.51. The van der Waals surface area contributed by atoms with Gasteiger partial charge in [0.2, 0.25) is 5.91 Å². The quantitative estimate of drug-likeness (QED) is 0.805. The van der Waals surface area contributed by atoms with Crippen LogP contribution in [-0.2, 0) is 16.0 Å². The van der Waals surface area contributed by atoms with Crippen molar-refractivity contribution in [1.82, 2.24) is 10.2 Å². The van der Waals surface area contributed by atoms with E-state index in [1.807, 2.05) is 36.1 Å². The minimum absolute atomic E-state index is 0.0501.